The molecule has 2 aliphatic rings. The number of carbonyl (C=O) groups is 1. The van der Waals surface area contributed by atoms with Crippen LogP contribution in [0.15, 0.2) is 77.3 Å². The number of nitrogens with zero attached hydrogens (tertiary/aromatic N) is 2. The van der Waals surface area contributed by atoms with Crippen molar-refractivity contribution in [1.29, 1.82) is 5.26 Å². The summed E-state index contributed by atoms with van der Waals surface area (Å²) in [6, 6.07) is 14.8. The number of allylic oxidation sites excluding steroid dienone is 3. The third kappa shape index (κ3) is 5.35. The van der Waals surface area contributed by atoms with E-state index >= 15 is 0 Å². The van der Waals surface area contributed by atoms with Crippen LogP contribution in [0.4, 0.5) is 23.2 Å². The molecule has 0 aromatic heterocycles. The first kappa shape index (κ1) is 29.2. The maximum atomic E-state index is 14.2. The first-order valence-corrected chi connectivity index (χ1v) is 13.6. The van der Waals surface area contributed by atoms with Gasteiger partial charge in [-0.1, -0.05) is 23.7 Å². The van der Waals surface area contributed by atoms with E-state index in [-0.39, 0.29) is 46.5 Å². The molecule has 3 aromatic rings. The Kier molecular flexibility index (Phi) is 7.78. The number of alkyl halides is 3. The first-order chi connectivity index (χ1) is 19.9. The second-order valence-corrected chi connectivity index (χ2v) is 10.8. The summed E-state index contributed by atoms with van der Waals surface area (Å²) in [5.74, 6) is -1.23. The predicted octanol–water partition coefficient (Wildman–Crippen LogP) is 8.00. The second kappa shape index (κ2) is 11.2. The fourth-order valence-electron chi connectivity index (χ4n) is 5.68. The Morgan fingerprint density at radius 2 is 1.79 bits per heavy atom. The molecule has 1 aliphatic carbocycles. The quantitative estimate of drug-likeness (QED) is 0.302. The SMILES string of the molecule is Cc1cc(C)c(C2C(C#N)=C(N)N(c3ccc(Cl)cc3C(F)(F)F)C3=C2C(=O)CCC3)cc1COc1ccc(F)cc1. The highest BCUT2D eigenvalue weighted by Crippen LogP contribution is 2.49. The molecule has 0 spiro atoms. The number of rotatable bonds is 5. The van der Waals surface area contributed by atoms with Crippen molar-refractivity contribution in [1.82, 2.24) is 0 Å². The van der Waals surface area contributed by atoms with Gasteiger partial charge in [-0.15, -0.1) is 0 Å². The summed E-state index contributed by atoms with van der Waals surface area (Å²) < 4.78 is 61.7. The molecular weight excluding hydrogens is 570 g/mol. The molecule has 1 heterocycles. The molecule has 0 amide bonds. The van der Waals surface area contributed by atoms with Gasteiger partial charge in [0.05, 0.1) is 28.8 Å². The van der Waals surface area contributed by atoms with Crippen molar-refractivity contribution in [3.63, 3.8) is 0 Å². The minimum Gasteiger partial charge on any atom is -0.489 e. The average molecular weight is 596 g/mol. The molecular formula is C32H26ClF4N3O2. The standard InChI is InChI=1S/C32H26ClF4N3O2/c1-17-12-18(2)23(13-19(17)16-42-22-9-7-21(34)8-10-22)29-24(15-38)31(39)40(27-4-3-5-28(41)30(27)29)26-11-6-20(33)14-25(26)32(35,36)37/h6-14,29H,3-5,16,39H2,1-2H3. The maximum absolute atomic E-state index is 14.2. The topological polar surface area (TPSA) is 79.4 Å². The van der Waals surface area contributed by atoms with Gasteiger partial charge in [0.25, 0.3) is 0 Å². The molecule has 42 heavy (non-hydrogen) atoms. The predicted molar refractivity (Wildman–Crippen MR) is 151 cm³/mol. The highest BCUT2D eigenvalue weighted by molar-refractivity contribution is 6.30. The van der Waals surface area contributed by atoms with Gasteiger partial charge in [-0.2, -0.15) is 18.4 Å². The van der Waals surface area contributed by atoms with Crippen molar-refractivity contribution < 1.29 is 27.1 Å². The van der Waals surface area contributed by atoms with E-state index in [0.29, 0.717) is 29.9 Å². The van der Waals surface area contributed by atoms with E-state index in [0.717, 1.165) is 22.8 Å². The van der Waals surface area contributed by atoms with Crippen LogP contribution in [0, 0.1) is 31.0 Å². The van der Waals surface area contributed by atoms with Gasteiger partial charge in [0.1, 0.15) is 24.0 Å². The van der Waals surface area contributed by atoms with Crippen LogP contribution in [-0.4, -0.2) is 5.78 Å². The number of hydrogen-bond acceptors (Lipinski definition) is 5. The minimum atomic E-state index is -4.77. The lowest BCUT2D eigenvalue weighted by Gasteiger charge is -2.40. The van der Waals surface area contributed by atoms with Crippen LogP contribution in [0.5, 0.6) is 5.75 Å². The van der Waals surface area contributed by atoms with Crippen molar-refractivity contribution in [3.8, 4) is 11.8 Å². The van der Waals surface area contributed by atoms with Gasteiger partial charge in [0.2, 0.25) is 0 Å². The molecule has 5 rings (SSSR count). The molecule has 0 saturated carbocycles. The van der Waals surface area contributed by atoms with Gasteiger partial charge in [0, 0.05) is 22.7 Å². The number of nitrogens with two attached hydrogens (primary N) is 1. The number of anilines is 1. The Morgan fingerprint density at radius 3 is 2.45 bits per heavy atom. The number of hydrogen-bond donors (Lipinski definition) is 1. The highest BCUT2D eigenvalue weighted by atomic mass is 35.5. The van der Waals surface area contributed by atoms with Gasteiger partial charge >= 0.3 is 6.18 Å². The molecule has 3 aromatic carbocycles. The summed E-state index contributed by atoms with van der Waals surface area (Å²) in [6.07, 6.45) is -3.85. The van der Waals surface area contributed by atoms with E-state index in [9.17, 15) is 27.6 Å². The molecule has 1 atom stereocenters. The van der Waals surface area contributed by atoms with E-state index < -0.39 is 23.5 Å². The van der Waals surface area contributed by atoms with Gasteiger partial charge < -0.3 is 10.5 Å². The number of aryl methyl sites for hydroxylation is 2. The number of ketones is 1. The van der Waals surface area contributed by atoms with Crippen LogP contribution in [0.25, 0.3) is 0 Å². The lowest BCUT2D eigenvalue weighted by atomic mass is 9.74. The Balaban J connectivity index is 1.66. The van der Waals surface area contributed by atoms with Gasteiger partial charge in [-0.05, 0) is 91.4 Å². The number of Topliss-reactive ketones (excluding diaryl/α,β-unsaturated/α-hetero) is 1. The van der Waals surface area contributed by atoms with Gasteiger partial charge in [0.15, 0.2) is 5.78 Å². The van der Waals surface area contributed by atoms with Crippen LogP contribution in [0.1, 0.15) is 53.0 Å². The Labute approximate surface area is 245 Å². The average Bonchev–Trinajstić information content (AvgIpc) is 2.93. The number of halogens is 5. The Morgan fingerprint density at radius 1 is 1.07 bits per heavy atom. The van der Waals surface area contributed by atoms with E-state index in [4.69, 9.17) is 22.1 Å². The summed E-state index contributed by atoms with van der Waals surface area (Å²) in [4.78, 5) is 14.7. The fourth-order valence-corrected chi connectivity index (χ4v) is 5.85. The van der Waals surface area contributed by atoms with Crippen molar-refractivity contribution in [2.75, 3.05) is 4.90 Å². The van der Waals surface area contributed by atoms with Crippen molar-refractivity contribution in [2.45, 2.75) is 51.8 Å². The van der Waals surface area contributed by atoms with Crippen LogP contribution in [0.3, 0.4) is 0 Å². The molecule has 1 unspecified atom stereocenters. The number of carbonyl (C=O) groups excluding carboxylic acids is 1. The second-order valence-electron chi connectivity index (χ2n) is 10.4. The molecule has 2 N–H and O–H groups in total. The third-order valence-corrected chi connectivity index (χ3v) is 7.90. The Bertz CT molecular complexity index is 1690. The lowest BCUT2D eigenvalue weighted by molar-refractivity contribution is -0.137. The molecule has 0 radical (unpaired) electrons. The third-order valence-electron chi connectivity index (χ3n) is 7.66. The lowest BCUT2D eigenvalue weighted by Crippen LogP contribution is -2.39. The number of benzene rings is 3. The zero-order chi connectivity index (χ0) is 30.3. The summed E-state index contributed by atoms with van der Waals surface area (Å²) in [7, 11) is 0. The van der Waals surface area contributed by atoms with Crippen molar-refractivity contribution in [2.24, 2.45) is 5.73 Å². The van der Waals surface area contributed by atoms with Crippen LogP contribution in [0.2, 0.25) is 5.02 Å². The summed E-state index contributed by atoms with van der Waals surface area (Å²) in [5.41, 5.74) is 8.87. The minimum absolute atomic E-state index is 0.0237. The van der Waals surface area contributed by atoms with Crippen molar-refractivity contribution >= 4 is 23.1 Å². The zero-order valence-corrected chi connectivity index (χ0v) is 23.5. The highest BCUT2D eigenvalue weighted by Gasteiger charge is 2.43. The Hall–Kier alpha value is -4.29. The van der Waals surface area contributed by atoms with Gasteiger partial charge in [-0.3, -0.25) is 9.69 Å². The normalized spacial score (nSPS) is 17.3. The fraction of sp³-hybridized carbons (Fsp3) is 0.250. The van der Waals surface area contributed by atoms with Crippen LogP contribution in [-0.2, 0) is 17.6 Å². The maximum Gasteiger partial charge on any atom is 0.418 e. The summed E-state index contributed by atoms with van der Waals surface area (Å²) in [6.45, 7) is 3.87. The zero-order valence-electron chi connectivity index (χ0n) is 22.8. The first-order valence-electron chi connectivity index (χ1n) is 13.2. The van der Waals surface area contributed by atoms with E-state index in [2.05, 4.69) is 6.07 Å². The van der Waals surface area contributed by atoms with E-state index in [1.54, 1.807) is 0 Å². The van der Waals surface area contributed by atoms with E-state index in [1.165, 1.54) is 41.3 Å². The molecule has 0 fully saturated rings. The largest absolute Gasteiger partial charge is 0.489 e. The molecule has 10 heteroatoms. The van der Waals surface area contributed by atoms with Crippen molar-refractivity contribution in [3.05, 3.63) is 116 Å². The smallest absolute Gasteiger partial charge is 0.418 e. The number of ether oxygens (including phenoxy) is 1. The molecule has 216 valence electrons. The molecule has 5 nitrogen and oxygen atoms in total. The number of nitriles is 1. The van der Waals surface area contributed by atoms with Gasteiger partial charge in [-0.25, -0.2) is 4.39 Å². The van der Waals surface area contributed by atoms with Crippen LogP contribution >= 0.6 is 11.6 Å². The summed E-state index contributed by atoms with van der Waals surface area (Å²) in [5, 5.41) is 10.2. The monoisotopic (exact) mass is 595 g/mol. The van der Waals surface area contributed by atoms with Crippen LogP contribution < -0.4 is 15.4 Å². The molecule has 1 aliphatic heterocycles. The van der Waals surface area contributed by atoms with E-state index in [1.807, 2.05) is 26.0 Å². The molecule has 0 saturated heterocycles. The molecule has 0 bridgehead atoms. The summed E-state index contributed by atoms with van der Waals surface area (Å²) >= 11 is 5.93.